The van der Waals surface area contributed by atoms with E-state index in [0.29, 0.717) is 5.25 Å². The molecule has 2 heterocycles. The van der Waals surface area contributed by atoms with Crippen molar-refractivity contribution in [1.82, 2.24) is 9.55 Å². The predicted molar refractivity (Wildman–Crippen MR) is 72.8 cm³/mol. The molecule has 1 N–H and O–H groups in total. The number of rotatable bonds is 2. The van der Waals surface area contributed by atoms with E-state index in [1.165, 1.54) is 24.2 Å². The lowest BCUT2D eigenvalue weighted by Crippen LogP contribution is -2.21. The van der Waals surface area contributed by atoms with E-state index in [2.05, 4.69) is 11.1 Å². The summed E-state index contributed by atoms with van der Waals surface area (Å²) in [5, 5.41) is 0.605. The van der Waals surface area contributed by atoms with Crippen LogP contribution in [0.5, 0.6) is 0 Å². The molecule has 1 aliphatic rings. The molecule has 1 fully saturated rings. The molecule has 1 aromatic heterocycles. The molecule has 0 spiro atoms. The van der Waals surface area contributed by atoms with Crippen LogP contribution in [0.4, 0.5) is 0 Å². The first-order chi connectivity index (χ1) is 8.24. The fourth-order valence-corrected chi connectivity index (χ4v) is 3.71. The van der Waals surface area contributed by atoms with Crippen LogP contribution in [-0.4, -0.2) is 20.6 Å². The standard InChI is InChI=1S/C13H16N2OS/c1-9-4-5-12-11(7-9)14-13(16)15(12)8-10-3-2-6-17-10/h4-5,7,10H,2-3,6,8H2,1H3,(H,14,16). The number of H-pyrrole nitrogens is 1. The molecule has 0 radical (unpaired) electrons. The third kappa shape index (κ3) is 2.02. The van der Waals surface area contributed by atoms with Gasteiger partial charge in [0.05, 0.1) is 11.0 Å². The summed E-state index contributed by atoms with van der Waals surface area (Å²) in [5.41, 5.74) is 3.20. The van der Waals surface area contributed by atoms with Crippen molar-refractivity contribution in [1.29, 1.82) is 0 Å². The Morgan fingerprint density at radius 2 is 2.41 bits per heavy atom. The van der Waals surface area contributed by atoms with Gasteiger partial charge in [-0.2, -0.15) is 11.8 Å². The molecule has 3 rings (SSSR count). The molecule has 1 saturated heterocycles. The molecule has 2 aromatic rings. The molecule has 0 bridgehead atoms. The van der Waals surface area contributed by atoms with E-state index in [1.54, 1.807) is 0 Å². The van der Waals surface area contributed by atoms with E-state index in [4.69, 9.17) is 0 Å². The van der Waals surface area contributed by atoms with Gasteiger partial charge in [-0.15, -0.1) is 0 Å². The Kier molecular flexibility index (Phi) is 2.74. The first kappa shape index (κ1) is 11.0. The highest BCUT2D eigenvalue weighted by atomic mass is 32.2. The number of nitrogens with zero attached hydrogens (tertiary/aromatic N) is 1. The van der Waals surface area contributed by atoms with Gasteiger partial charge in [-0.3, -0.25) is 4.57 Å². The highest BCUT2D eigenvalue weighted by molar-refractivity contribution is 8.00. The number of benzene rings is 1. The zero-order valence-corrected chi connectivity index (χ0v) is 10.7. The van der Waals surface area contributed by atoms with E-state index in [1.807, 2.05) is 35.4 Å². The summed E-state index contributed by atoms with van der Waals surface area (Å²) in [7, 11) is 0. The molecule has 90 valence electrons. The van der Waals surface area contributed by atoms with E-state index < -0.39 is 0 Å². The Balaban J connectivity index is 2.02. The van der Waals surface area contributed by atoms with Crippen molar-refractivity contribution in [3.63, 3.8) is 0 Å². The number of aromatic nitrogens is 2. The van der Waals surface area contributed by atoms with Crippen molar-refractivity contribution in [3.05, 3.63) is 34.2 Å². The topological polar surface area (TPSA) is 37.8 Å². The summed E-state index contributed by atoms with van der Waals surface area (Å²) in [6.07, 6.45) is 2.52. The Morgan fingerprint density at radius 3 is 3.18 bits per heavy atom. The second-order valence-electron chi connectivity index (χ2n) is 4.70. The smallest absolute Gasteiger partial charge is 0.306 e. The predicted octanol–water partition coefficient (Wildman–Crippen LogP) is 2.53. The molecular weight excluding hydrogens is 232 g/mol. The van der Waals surface area contributed by atoms with Gasteiger partial charge in [-0.1, -0.05) is 6.07 Å². The van der Waals surface area contributed by atoms with Gasteiger partial charge in [0.15, 0.2) is 0 Å². The van der Waals surface area contributed by atoms with Crippen molar-refractivity contribution in [2.24, 2.45) is 0 Å². The first-order valence-corrected chi connectivity index (χ1v) is 7.10. The lowest BCUT2D eigenvalue weighted by molar-refractivity contribution is 0.636. The fraction of sp³-hybridized carbons (Fsp3) is 0.462. The molecule has 1 atom stereocenters. The zero-order chi connectivity index (χ0) is 11.8. The maximum absolute atomic E-state index is 11.9. The molecule has 4 heteroatoms. The van der Waals surface area contributed by atoms with Crippen molar-refractivity contribution in [3.8, 4) is 0 Å². The summed E-state index contributed by atoms with van der Waals surface area (Å²) in [5.74, 6) is 1.24. The summed E-state index contributed by atoms with van der Waals surface area (Å²) in [6, 6.07) is 6.14. The minimum absolute atomic E-state index is 0.0260. The molecule has 0 amide bonds. The van der Waals surface area contributed by atoms with E-state index >= 15 is 0 Å². The fourth-order valence-electron chi connectivity index (χ4n) is 2.45. The number of fused-ring (bicyclic) bond motifs is 1. The Labute approximate surface area is 104 Å². The molecule has 0 aliphatic carbocycles. The van der Waals surface area contributed by atoms with Crippen molar-refractivity contribution in [2.75, 3.05) is 5.75 Å². The number of imidazole rings is 1. The molecule has 1 aromatic carbocycles. The lowest BCUT2D eigenvalue weighted by atomic mass is 10.2. The highest BCUT2D eigenvalue weighted by Gasteiger charge is 2.18. The first-order valence-electron chi connectivity index (χ1n) is 6.05. The molecular formula is C13H16N2OS. The number of aryl methyl sites for hydroxylation is 1. The third-order valence-corrected chi connectivity index (χ3v) is 4.72. The van der Waals surface area contributed by atoms with Gasteiger partial charge in [0.2, 0.25) is 0 Å². The van der Waals surface area contributed by atoms with Crippen LogP contribution >= 0.6 is 11.8 Å². The van der Waals surface area contributed by atoms with E-state index in [9.17, 15) is 4.79 Å². The van der Waals surface area contributed by atoms with Crippen LogP contribution in [0.25, 0.3) is 11.0 Å². The van der Waals surface area contributed by atoms with Gasteiger partial charge in [0.25, 0.3) is 0 Å². The second-order valence-corrected chi connectivity index (χ2v) is 6.10. The quantitative estimate of drug-likeness (QED) is 0.887. The van der Waals surface area contributed by atoms with E-state index in [-0.39, 0.29) is 5.69 Å². The van der Waals surface area contributed by atoms with Crippen LogP contribution < -0.4 is 5.69 Å². The SMILES string of the molecule is Cc1ccc2c(c1)[nH]c(=O)n2CC1CCCS1. The van der Waals surface area contributed by atoms with Crippen molar-refractivity contribution >= 4 is 22.8 Å². The van der Waals surface area contributed by atoms with Crippen LogP contribution in [0.15, 0.2) is 23.0 Å². The van der Waals surface area contributed by atoms with Crippen molar-refractivity contribution in [2.45, 2.75) is 31.6 Å². The zero-order valence-electron chi connectivity index (χ0n) is 9.90. The second kappa shape index (κ2) is 4.26. The number of thioether (sulfide) groups is 1. The lowest BCUT2D eigenvalue weighted by Gasteiger charge is -2.09. The third-order valence-electron chi connectivity index (χ3n) is 3.34. The van der Waals surface area contributed by atoms with Crippen LogP contribution in [-0.2, 0) is 6.54 Å². The van der Waals surface area contributed by atoms with E-state index in [0.717, 1.165) is 17.6 Å². The number of nitrogens with one attached hydrogen (secondary N) is 1. The van der Waals surface area contributed by atoms with Crippen molar-refractivity contribution < 1.29 is 0 Å². The number of aromatic amines is 1. The molecule has 1 aliphatic heterocycles. The van der Waals surface area contributed by atoms with Crippen LogP contribution in [0.3, 0.4) is 0 Å². The summed E-state index contributed by atoms with van der Waals surface area (Å²) < 4.78 is 1.89. The van der Waals surface area contributed by atoms with Crippen LogP contribution in [0.2, 0.25) is 0 Å². The Bertz CT molecular complexity index is 593. The molecule has 17 heavy (non-hydrogen) atoms. The van der Waals surface area contributed by atoms with Gasteiger partial charge in [0.1, 0.15) is 0 Å². The maximum Gasteiger partial charge on any atom is 0.326 e. The summed E-state index contributed by atoms with van der Waals surface area (Å²) >= 11 is 1.99. The summed E-state index contributed by atoms with van der Waals surface area (Å²) in [6.45, 7) is 2.88. The van der Waals surface area contributed by atoms with Gasteiger partial charge in [-0.05, 0) is 43.2 Å². The Hall–Kier alpha value is -1.16. The number of hydrogen-bond donors (Lipinski definition) is 1. The average molecular weight is 248 g/mol. The summed E-state index contributed by atoms with van der Waals surface area (Å²) in [4.78, 5) is 14.9. The average Bonchev–Trinajstić information content (AvgIpc) is 2.88. The normalized spacial score (nSPS) is 20.2. The number of hydrogen-bond acceptors (Lipinski definition) is 2. The monoisotopic (exact) mass is 248 g/mol. The Morgan fingerprint density at radius 1 is 1.53 bits per heavy atom. The largest absolute Gasteiger partial charge is 0.326 e. The van der Waals surface area contributed by atoms with Gasteiger partial charge < -0.3 is 4.98 Å². The minimum Gasteiger partial charge on any atom is -0.306 e. The van der Waals surface area contributed by atoms with Gasteiger partial charge in [-0.25, -0.2) is 4.79 Å². The maximum atomic E-state index is 11.9. The minimum atomic E-state index is 0.0260. The van der Waals surface area contributed by atoms with Gasteiger partial charge >= 0.3 is 5.69 Å². The molecule has 0 saturated carbocycles. The highest BCUT2D eigenvalue weighted by Crippen LogP contribution is 2.27. The van der Waals surface area contributed by atoms with Crippen LogP contribution in [0.1, 0.15) is 18.4 Å². The van der Waals surface area contributed by atoms with Gasteiger partial charge in [0, 0.05) is 11.8 Å². The molecule has 3 nitrogen and oxygen atoms in total. The molecule has 1 unspecified atom stereocenters. The van der Waals surface area contributed by atoms with Crippen LogP contribution in [0, 0.1) is 6.92 Å².